The van der Waals surface area contributed by atoms with E-state index >= 15 is 0 Å². The van der Waals surface area contributed by atoms with Gasteiger partial charge in [0.2, 0.25) is 5.91 Å². The topological polar surface area (TPSA) is 66.4 Å². The molecule has 2 N–H and O–H groups in total. The van der Waals surface area contributed by atoms with Gasteiger partial charge in [-0.05, 0) is 25.0 Å². The van der Waals surface area contributed by atoms with Crippen LogP contribution in [0.2, 0.25) is 0 Å². The molecule has 21 heavy (non-hydrogen) atoms. The summed E-state index contributed by atoms with van der Waals surface area (Å²) in [5, 5.41) is 11.7. The fourth-order valence-corrected chi connectivity index (χ4v) is 2.93. The van der Waals surface area contributed by atoms with Gasteiger partial charge in [-0.15, -0.1) is 11.8 Å². The van der Waals surface area contributed by atoms with Crippen molar-refractivity contribution in [3.63, 3.8) is 0 Å². The van der Waals surface area contributed by atoms with E-state index in [0.717, 1.165) is 17.7 Å². The smallest absolute Gasteiger partial charge is 0.316 e. The van der Waals surface area contributed by atoms with E-state index in [4.69, 9.17) is 0 Å². The molecular formula is C16H23NO3S. The fourth-order valence-electron chi connectivity index (χ4n) is 1.76. The summed E-state index contributed by atoms with van der Waals surface area (Å²) < 4.78 is 0. The first kappa shape index (κ1) is 17.6. The maximum atomic E-state index is 12.0. The van der Waals surface area contributed by atoms with E-state index in [0.29, 0.717) is 12.1 Å². The van der Waals surface area contributed by atoms with Crippen molar-refractivity contribution in [1.29, 1.82) is 0 Å². The van der Waals surface area contributed by atoms with Crippen LogP contribution in [0.5, 0.6) is 0 Å². The molecule has 116 valence electrons. The second kappa shape index (κ2) is 8.72. The molecule has 0 aliphatic carbocycles. The number of amides is 1. The fraction of sp³-hybridized carbons (Fsp3) is 0.500. The van der Waals surface area contributed by atoms with Crippen molar-refractivity contribution in [2.75, 3.05) is 5.32 Å². The third kappa shape index (κ3) is 5.42. The Balaban J connectivity index is 2.88. The Hall–Kier alpha value is -1.49. The number of rotatable bonds is 8. The molecule has 0 bridgehead atoms. The Morgan fingerprint density at radius 1 is 1.29 bits per heavy atom. The lowest BCUT2D eigenvalue weighted by Crippen LogP contribution is -2.20. The monoisotopic (exact) mass is 309 g/mol. The number of hydrogen-bond donors (Lipinski definition) is 2. The molecule has 5 heteroatoms. The molecule has 0 radical (unpaired) electrons. The highest BCUT2D eigenvalue weighted by molar-refractivity contribution is 8.00. The van der Waals surface area contributed by atoms with E-state index in [-0.39, 0.29) is 11.8 Å². The molecule has 0 saturated heterocycles. The molecule has 1 aromatic rings. The minimum Gasteiger partial charge on any atom is -0.480 e. The van der Waals surface area contributed by atoms with E-state index in [9.17, 15) is 14.7 Å². The van der Waals surface area contributed by atoms with Crippen molar-refractivity contribution in [3.8, 4) is 0 Å². The highest BCUT2D eigenvalue weighted by atomic mass is 32.2. The van der Waals surface area contributed by atoms with Crippen LogP contribution >= 0.6 is 11.8 Å². The number of hydrogen-bond acceptors (Lipinski definition) is 3. The molecule has 0 fully saturated rings. The molecule has 0 aromatic heterocycles. The minimum absolute atomic E-state index is 0.0343. The predicted molar refractivity (Wildman–Crippen MR) is 86.7 cm³/mol. The second-order valence-electron chi connectivity index (χ2n) is 5.03. The number of para-hydroxylation sites is 1. The molecule has 1 aromatic carbocycles. The Morgan fingerprint density at radius 3 is 2.52 bits per heavy atom. The molecule has 4 nitrogen and oxygen atoms in total. The van der Waals surface area contributed by atoms with Crippen molar-refractivity contribution >= 4 is 29.3 Å². The maximum Gasteiger partial charge on any atom is 0.316 e. The zero-order chi connectivity index (χ0) is 15.8. The number of carbonyl (C=O) groups excluding carboxylic acids is 1. The molecule has 0 heterocycles. The number of carbonyl (C=O) groups is 2. The molecular weight excluding hydrogens is 286 g/mol. The van der Waals surface area contributed by atoms with E-state index in [1.165, 1.54) is 11.8 Å². The summed E-state index contributed by atoms with van der Waals surface area (Å²) in [5.41, 5.74) is 0.690. The molecule has 0 unspecified atom stereocenters. The van der Waals surface area contributed by atoms with Crippen LogP contribution in [-0.4, -0.2) is 22.2 Å². The largest absolute Gasteiger partial charge is 0.480 e. The molecule has 0 saturated carbocycles. The Morgan fingerprint density at radius 2 is 1.95 bits per heavy atom. The summed E-state index contributed by atoms with van der Waals surface area (Å²) in [4.78, 5) is 24.1. The average molecular weight is 309 g/mol. The highest BCUT2D eigenvalue weighted by Crippen LogP contribution is 2.32. The van der Waals surface area contributed by atoms with Crippen molar-refractivity contribution in [3.05, 3.63) is 24.3 Å². The van der Waals surface area contributed by atoms with Gasteiger partial charge in [-0.2, -0.15) is 0 Å². The van der Waals surface area contributed by atoms with Crippen LogP contribution in [0.3, 0.4) is 0 Å². The summed E-state index contributed by atoms with van der Waals surface area (Å²) in [6.45, 7) is 5.81. The van der Waals surface area contributed by atoms with E-state index < -0.39 is 11.2 Å². The van der Waals surface area contributed by atoms with Gasteiger partial charge in [0.25, 0.3) is 0 Å². The average Bonchev–Trinajstić information content (AvgIpc) is 2.47. The van der Waals surface area contributed by atoms with Gasteiger partial charge in [-0.25, -0.2) is 0 Å². The zero-order valence-corrected chi connectivity index (χ0v) is 13.6. The van der Waals surface area contributed by atoms with Crippen LogP contribution in [0, 0.1) is 5.92 Å². The Labute approximate surface area is 130 Å². The van der Waals surface area contributed by atoms with Crippen LogP contribution in [0.15, 0.2) is 29.2 Å². The number of carboxylic acids is 1. The first-order valence-electron chi connectivity index (χ1n) is 7.28. The van der Waals surface area contributed by atoms with Crippen LogP contribution in [0.1, 0.15) is 40.0 Å². The van der Waals surface area contributed by atoms with Crippen molar-refractivity contribution in [2.45, 2.75) is 50.2 Å². The van der Waals surface area contributed by atoms with Crippen molar-refractivity contribution in [1.82, 2.24) is 0 Å². The lowest BCUT2D eigenvalue weighted by atomic mass is 10.1. The minimum atomic E-state index is -0.815. The van der Waals surface area contributed by atoms with Gasteiger partial charge in [-0.3, -0.25) is 9.59 Å². The molecule has 1 amide bonds. The summed E-state index contributed by atoms with van der Waals surface area (Å²) in [6, 6.07) is 7.36. The highest BCUT2D eigenvalue weighted by Gasteiger charge is 2.20. The van der Waals surface area contributed by atoms with Crippen LogP contribution in [0.25, 0.3) is 0 Å². The van der Waals surface area contributed by atoms with E-state index in [2.05, 4.69) is 5.32 Å². The predicted octanol–water partition coefficient (Wildman–Crippen LogP) is 4.02. The van der Waals surface area contributed by atoms with Crippen molar-refractivity contribution < 1.29 is 14.7 Å². The van der Waals surface area contributed by atoms with Gasteiger partial charge in [0.1, 0.15) is 5.25 Å². The van der Waals surface area contributed by atoms with Gasteiger partial charge in [0.05, 0.1) is 5.69 Å². The second-order valence-corrected chi connectivity index (χ2v) is 6.27. The first-order chi connectivity index (χ1) is 9.99. The maximum absolute atomic E-state index is 12.0. The normalized spacial score (nSPS) is 13.5. The van der Waals surface area contributed by atoms with Gasteiger partial charge in [-0.1, -0.05) is 39.3 Å². The molecule has 0 aliphatic rings. The standard InChI is InChI=1S/C16H23NO3S/c1-4-8-14(16(19)20)21-13-10-7-6-9-12(13)17-15(18)11(3)5-2/h6-7,9-11,14H,4-5,8H2,1-3H3,(H,17,18)(H,19,20)/t11-,14-/m0/s1. The zero-order valence-electron chi connectivity index (χ0n) is 12.8. The third-order valence-corrected chi connectivity index (χ3v) is 4.63. The number of carboxylic acid groups (broad SMARTS) is 1. The summed E-state index contributed by atoms with van der Waals surface area (Å²) in [7, 11) is 0. The Kier molecular flexibility index (Phi) is 7.29. The van der Waals surface area contributed by atoms with Gasteiger partial charge in [0, 0.05) is 10.8 Å². The van der Waals surface area contributed by atoms with Crippen molar-refractivity contribution in [2.24, 2.45) is 5.92 Å². The molecule has 0 aliphatic heterocycles. The number of anilines is 1. The van der Waals surface area contributed by atoms with E-state index in [1.54, 1.807) is 0 Å². The van der Waals surface area contributed by atoms with Gasteiger partial charge >= 0.3 is 5.97 Å². The first-order valence-corrected chi connectivity index (χ1v) is 8.16. The molecule has 2 atom stereocenters. The van der Waals surface area contributed by atoms with E-state index in [1.807, 2.05) is 45.0 Å². The Bertz CT molecular complexity index is 490. The third-order valence-electron chi connectivity index (χ3n) is 3.30. The van der Waals surface area contributed by atoms with Crippen LogP contribution in [-0.2, 0) is 9.59 Å². The number of nitrogens with one attached hydrogen (secondary N) is 1. The number of aliphatic carboxylic acids is 1. The number of benzene rings is 1. The molecule has 0 spiro atoms. The number of thioether (sulfide) groups is 1. The SMILES string of the molecule is CCC[C@H](Sc1ccccc1NC(=O)[C@@H](C)CC)C(=O)O. The van der Waals surface area contributed by atoms with Gasteiger partial charge in [0.15, 0.2) is 0 Å². The van der Waals surface area contributed by atoms with Crippen LogP contribution < -0.4 is 5.32 Å². The van der Waals surface area contributed by atoms with Gasteiger partial charge < -0.3 is 10.4 Å². The summed E-state index contributed by atoms with van der Waals surface area (Å²) in [5.74, 6) is -0.910. The lowest BCUT2D eigenvalue weighted by molar-refractivity contribution is -0.136. The van der Waals surface area contributed by atoms with Crippen LogP contribution in [0.4, 0.5) is 5.69 Å². The summed E-state index contributed by atoms with van der Waals surface area (Å²) in [6.07, 6.45) is 2.19. The lowest BCUT2D eigenvalue weighted by Gasteiger charge is -2.16. The summed E-state index contributed by atoms with van der Waals surface area (Å²) >= 11 is 1.30. The molecule has 1 rings (SSSR count). The quantitative estimate of drug-likeness (QED) is 0.712.